The van der Waals surface area contributed by atoms with Crippen molar-refractivity contribution in [3.63, 3.8) is 0 Å². The molecule has 1 amide bonds. The van der Waals surface area contributed by atoms with Crippen molar-refractivity contribution in [2.75, 3.05) is 7.11 Å². The molecule has 4 aliphatic rings. The van der Waals surface area contributed by atoms with E-state index in [0.717, 1.165) is 32.1 Å². The average Bonchev–Trinajstić information content (AvgIpc) is 2.92. The van der Waals surface area contributed by atoms with E-state index in [-0.39, 0.29) is 34.7 Å². The Balaban J connectivity index is 1.64. The van der Waals surface area contributed by atoms with Gasteiger partial charge in [0.25, 0.3) is 0 Å². The number of methoxy groups -OCH3 is 1. The molecule has 0 aromatic rings. The lowest BCUT2D eigenvalue weighted by molar-refractivity contribution is -0.153. The van der Waals surface area contributed by atoms with Crippen LogP contribution in [0.1, 0.15) is 52.4 Å². The van der Waals surface area contributed by atoms with Crippen LogP contribution in [0.25, 0.3) is 0 Å². The van der Waals surface area contributed by atoms with Crippen LogP contribution in [0.2, 0.25) is 0 Å². The Bertz CT molecular complexity index is 600. The second-order valence-corrected chi connectivity index (χ2v) is 8.91. The zero-order valence-corrected chi connectivity index (χ0v) is 15.0. The molecule has 3 aliphatic carbocycles. The fraction of sp³-hybridized carbons (Fsp3) is 0.800. The highest BCUT2D eigenvalue weighted by atomic mass is 16.5. The summed E-state index contributed by atoms with van der Waals surface area (Å²) in [5.74, 6) is 2.01. The third kappa shape index (κ3) is 2.04. The first kappa shape index (κ1) is 16.2. The summed E-state index contributed by atoms with van der Waals surface area (Å²) >= 11 is 0. The zero-order valence-electron chi connectivity index (χ0n) is 15.0. The molecule has 1 aliphatic heterocycles. The van der Waals surface area contributed by atoms with Gasteiger partial charge in [0.2, 0.25) is 5.91 Å². The Labute approximate surface area is 144 Å². The molecule has 0 unspecified atom stereocenters. The van der Waals surface area contributed by atoms with Crippen LogP contribution in [0.4, 0.5) is 0 Å². The van der Waals surface area contributed by atoms with Crippen LogP contribution in [0.15, 0.2) is 12.2 Å². The Morgan fingerprint density at radius 3 is 2.71 bits per heavy atom. The third-order valence-electron chi connectivity index (χ3n) is 8.17. The number of ether oxygens (including phenoxy) is 1. The van der Waals surface area contributed by atoms with E-state index in [2.05, 4.69) is 25.2 Å². The molecule has 4 nitrogen and oxygen atoms in total. The van der Waals surface area contributed by atoms with E-state index in [1.165, 1.54) is 13.5 Å². The first-order chi connectivity index (χ1) is 11.4. The number of nitrogens with one attached hydrogen (secondary N) is 1. The summed E-state index contributed by atoms with van der Waals surface area (Å²) in [6, 6.07) is 0.276. The number of esters is 1. The van der Waals surface area contributed by atoms with E-state index in [4.69, 9.17) is 4.74 Å². The number of fused-ring (bicyclic) bond motifs is 5. The predicted molar refractivity (Wildman–Crippen MR) is 91.0 cm³/mol. The van der Waals surface area contributed by atoms with Crippen molar-refractivity contribution in [1.29, 1.82) is 0 Å². The van der Waals surface area contributed by atoms with Crippen LogP contribution in [-0.2, 0) is 14.3 Å². The summed E-state index contributed by atoms with van der Waals surface area (Å²) in [6.07, 6.45) is 10.5. The number of hydrogen-bond donors (Lipinski definition) is 1. The van der Waals surface area contributed by atoms with Crippen LogP contribution >= 0.6 is 0 Å². The van der Waals surface area contributed by atoms with Gasteiger partial charge in [0.1, 0.15) is 0 Å². The molecule has 0 saturated heterocycles. The Kier molecular flexibility index (Phi) is 3.59. The molecule has 4 heteroatoms. The maximum Gasteiger partial charge on any atom is 0.309 e. The van der Waals surface area contributed by atoms with E-state index < -0.39 is 0 Å². The minimum Gasteiger partial charge on any atom is -0.469 e. The maximum absolute atomic E-state index is 12.3. The van der Waals surface area contributed by atoms with E-state index in [9.17, 15) is 9.59 Å². The Morgan fingerprint density at radius 2 is 1.96 bits per heavy atom. The number of amides is 1. The molecule has 3 saturated carbocycles. The quantitative estimate of drug-likeness (QED) is 0.751. The van der Waals surface area contributed by atoms with Crippen molar-refractivity contribution in [2.24, 2.45) is 34.5 Å². The first-order valence-electron chi connectivity index (χ1n) is 9.47. The lowest BCUT2D eigenvalue weighted by Gasteiger charge is -2.58. The van der Waals surface area contributed by atoms with E-state index >= 15 is 0 Å². The second-order valence-electron chi connectivity index (χ2n) is 8.91. The van der Waals surface area contributed by atoms with Crippen LogP contribution in [0.5, 0.6) is 0 Å². The Morgan fingerprint density at radius 1 is 1.17 bits per heavy atom. The predicted octanol–water partition coefficient (Wildman–Crippen LogP) is 3.07. The molecule has 0 aromatic heterocycles. The summed E-state index contributed by atoms with van der Waals surface area (Å²) in [4.78, 5) is 24.0. The first-order valence-corrected chi connectivity index (χ1v) is 9.47. The van der Waals surface area contributed by atoms with Gasteiger partial charge in [-0.1, -0.05) is 19.9 Å². The molecule has 3 fully saturated rings. The van der Waals surface area contributed by atoms with Crippen LogP contribution < -0.4 is 5.32 Å². The fourth-order valence-corrected chi connectivity index (χ4v) is 6.86. The molecule has 1 heterocycles. The lowest BCUT2D eigenvalue weighted by Crippen LogP contribution is -2.59. The number of carbonyl (C=O) groups is 2. The summed E-state index contributed by atoms with van der Waals surface area (Å²) in [7, 11) is 1.52. The Hall–Kier alpha value is -1.32. The molecule has 24 heavy (non-hydrogen) atoms. The summed E-state index contributed by atoms with van der Waals surface area (Å²) in [6.45, 7) is 4.66. The van der Waals surface area contributed by atoms with E-state index in [1.54, 1.807) is 6.08 Å². The highest BCUT2D eigenvalue weighted by Gasteiger charge is 2.61. The monoisotopic (exact) mass is 331 g/mol. The van der Waals surface area contributed by atoms with Gasteiger partial charge < -0.3 is 10.1 Å². The van der Waals surface area contributed by atoms with Crippen molar-refractivity contribution < 1.29 is 14.3 Å². The largest absolute Gasteiger partial charge is 0.469 e. The molecule has 7 atom stereocenters. The standard InChI is InChI=1S/C20H29NO3/c1-19-10-8-14-12(13(19)5-6-15(19)18(23)24-3)4-7-16-20(14,2)11-9-17(22)21-16/h9,11-16H,4-8,10H2,1-3H3,(H,21,22)/t12-,13-,14+,15-,16+,19-,20+/m0/s1. The zero-order chi connectivity index (χ0) is 17.1. The van der Waals surface area contributed by atoms with Crippen molar-refractivity contribution in [3.05, 3.63) is 12.2 Å². The second kappa shape index (κ2) is 5.34. The number of hydrogen-bond acceptors (Lipinski definition) is 3. The minimum absolute atomic E-state index is 0.0110. The average molecular weight is 331 g/mol. The van der Waals surface area contributed by atoms with Gasteiger partial charge in [-0.25, -0.2) is 0 Å². The number of carbonyl (C=O) groups excluding carboxylic acids is 2. The highest BCUT2D eigenvalue weighted by Crippen LogP contribution is 2.65. The summed E-state index contributed by atoms with van der Waals surface area (Å²) < 4.78 is 5.10. The van der Waals surface area contributed by atoms with Gasteiger partial charge in [0.15, 0.2) is 0 Å². The van der Waals surface area contributed by atoms with Crippen molar-refractivity contribution in [3.8, 4) is 0 Å². The van der Waals surface area contributed by atoms with E-state index in [0.29, 0.717) is 17.8 Å². The maximum atomic E-state index is 12.3. The highest BCUT2D eigenvalue weighted by molar-refractivity contribution is 5.89. The topological polar surface area (TPSA) is 55.4 Å². The van der Waals surface area contributed by atoms with Crippen LogP contribution in [0.3, 0.4) is 0 Å². The third-order valence-corrected chi connectivity index (χ3v) is 8.17. The van der Waals surface area contributed by atoms with Crippen molar-refractivity contribution in [1.82, 2.24) is 5.32 Å². The van der Waals surface area contributed by atoms with E-state index in [1.807, 2.05) is 0 Å². The smallest absolute Gasteiger partial charge is 0.309 e. The SMILES string of the molecule is COC(=O)[C@@H]1CC[C@H]2[C@@H]3CC[C@H]4NC(=O)C=C[C@]4(C)[C@@H]3CC[C@]12C. The van der Waals surface area contributed by atoms with Gasteiger partial charge in [0.05, 0.1) is 13.0 Å². The van der Waals surface area contributed by atoms with Gasteiger partial charge >= 0.3 is 5.97 Å². The summed E-state index contributed by atoms with van der Waals surface area (Å²) in [5, 5.41) is 3.20. The van der Waals surface area contributed by atoms with Gasteiger partial charge in [-0.3, -0.25) is 9.59 Å². The molecule has 4 rings (SSSR count). The number of rotatable bonds is 1. The molecule has 0 spiro atoms. The normalized spacial score (nSPS) is 49.6. The van der Waals surface area contributed by atoms with Gasteiger partial charge in [-0.05, 0) is 67.8 Å². The molecule has 1 N–H and O–H groups in total. The summed E-state index contributed by atoms with van der Waals surface area (Å²) in [5.41, 5.74) is 0.167. The van der Waals surface area contributed by atoms with Gasteiger partial charge in [-0.2, -0.15) is 0 Å². The van der Waals surface area contributed by atoms with Gasteiger partial charge in [-0.15, -0.1) is 0 Å². The molecular formula is C20H29NO3. The fourth-order valence-electron chi connectivity index (χ4n) is 6.86. The minimum atomic E-state index is -0.0110. The van der Waals surface area contributed by atoms with Gasteiger partial charge in [0, 0.05) is 11.5 Å². The molecule has 0 aromatic carbocycles. The van der Waals surface area contributed by atoms with Crippen LogP contribution in [0, 0.1) is 34.5 Å². The van der Waals surface area contributed by atoms with Crippen LogP contribution in [-0.4, -0.2) is 25.0 Å². The molecule has 0 radical (unpaired) electrons. The molecule has 0 bridgehead atoms. The molecule has 132 valence electrons. The van der Waals surface area contributed by atoms with Crippen molar-refractivity contribution >= 4 is 11.9 Å². The lowest BCUT2D eigenvalue weighted by atomic mass is 9.48. The molecular weight excluding hydrogens is 302 g/mol. The van der Waals surface area contributed by atoms with Crippen molar-refractivity contribution in [2.45, 2.75) is 58.4 Å².